The molecule has 0 bridgehead atoms. The quantitative estimate of drug-likeness (QED) is 0.769. The zero-order chi connectivity index (χ0) is 18.5. The summed E-state index contributed by atoms with van der Waals surface area (Å²) in [5, 5.41) is 0. The number of nitrogens with zero attached hydrogens (tertiary/aromatic N) is 1. The van der Waals surface area contributed by atoms with Gasteiger partial charge < -0.3 is 15.4 Å². The molecule has 1 aromatic carbocycles. The fourth-order valence-electron chi connectivity index (χ4n) is 3.04. The molecule has 0 unspecified atom stereocenters. The van der Waals surface area contributed by atoms with Crippen molar-refractivity contribution in [3.63, 3.8) is 0 Å². The molecule has 2 aliphatic rings. The Morgan fingerprint density at radius 2 is 1.69 bits per heavy atom. The number of amides is 2. The zero-order valence-electron chi connectivity index (χ0n) is 14.4. The maximum absolute atomic E-state index is 12.2. The SMILES string of the molecule is NC(=O)C1CCN(C(=O)COC(=O)c2ccc(C3SCCS3)cc2)CC1. The summed E-state index contributed by atoms with van der Waals surface area (Å²) < 4.78 is 5.59. The molecule has 0 atom stereocenters. The average molecular weight is 395 g/mol. The molecule has 0 saturated carbocycles. The highest BCUT2D eigenvalue weighted by molar-refractivity contribution is 8.19. The van der Waals surface area contributed by atoms with Gasteiger partial charge in [0.2, 0.25) is 5.91 Å². The predicted octanol–water partition coefficient (Wildman–Crippen LogP) is 2.05. The van der Waals surface area contributed by atoms with Gasteiger partial charge in [0, 0.05) is 30.5 Å². The van der Waals surface area contributed by atoms with E-state index in [1.807, 2.05) is 35.7 Å². The van der Waals surface area contributed by atoms with Crippen molar-refractivity contribution in [3.05, 3.63) is 35.4 Å². The second-order valence-electron chi connectivity index (χ2n) is 6.33. The van der Waals surface area contributed by atoms with Gasteiger partial charge in [0.05, 0.1) is 10.1 Å². The Kier molecular flexibility index (Phi) is 6.48. The van der Waals surface area contributed by atoms with Crippen LogP contribution in [0.2, 0.25) is 0 Å². The number of piperidine rings is 1. The van der Waals surface area contributed by atoms with Crippen LogP contribution in [0.1, 0.15) is 33.3 Å². The smallest absolute Gasteiger partial charge is 0.338 e. The number of likely N-dealkylation sites (tertiary alicyclic amines) is 1. The number of hydrogen-bond acceptors (Lipinski definition) is 6. The molecule has 2 amide bonds. The fraction of sp³-hybridized carbons (Fsp3) is 0.500. The first-order chi connectivity index (χ1) is 12.5. The summed E-state index contributed by atoms with van der Waals surface area (Å²) in [5.41, 5.74) is 6.93. The minimum absolute atomic E-state index is 0.170. The molecule has 0 aromatic heterocycles. The van der Waals surface area contributed by atoms with Gasteiger partial charge in [-0.25, -0.2) is 4.79 Å². The van der Waals surface area contributed by atoms with Crippen LogP contribution in [0.4, 0.5) is 0 Å². The van der Waals surface area contributed by atoms with Gasteiger partial charge in [0.1, 0.15) is 0 Å². The molecule has 6 nitrogen and oxygen atoms in total. The van der Waals surface area contributed by atoms with E-state index in [2.05, 4.69) is 0 Å². The fourth-order valence-corrected chi connectivity index (χ4v) is 5.90. The van der Waals surface area contributed by atoms with E-state index in [4.69, 9.17) is 10.5 Å². The van der Waals surface area contributed by atoms with Gasteiger partial charge in [-0.1, -0.05) is 12.1 Å². The second kappa shape index (κ2) is 8.81. The summed E-state index contributed by atoms with van der Waals surface area (Å²) in [5.74, 6) is 1.08. The lowest BCUT2D eigenvalue weighted by Crippen LogP contribution is -2.43. The van der Waals surface area contributed by atoms with Gasteiger partial charge in [0.25, 0.3) is 5.91 Å². The van der Waals surface area contributed by atoms with Crippen molar-refractivity contribution in [2.45, 2.75) is 17.4 Å². The first-order valence-corrected chi connectivity index (χ1v) is 10.7. The van der Waals surface area contributed by atoms with Crippen molar-refractivity contribution in [3.8, 4) is 0 Å². The predicted molar refractivity (Wildman–Crippen MR) is 103 cm³/mol. The number of carbonyl (C=O) groups is 3. The first-order valence-electron chi connectivity index (χ1n) is 8.62. The molecule has 0 spiro atoms. The third-order valence-electron chi connectivity index (χ3n) is 4.62. The molecule has 0 radical (unpaired) electrons. The highest BCUT2D eigenvalue weighted by Crippen LogP contribution is 2.45. The molecular formula is C18H22N2O4S2. The van der Waals surface area contributed by atoms with Gasteiger partial charge in [-0.05, 0) is 30.5 Å². The Balaban J connectivity index is 1.46. The molecule has 140 valence electrons. The Morgan fingerprint density at radius 3 is 2.27 bits per heavy atom. The zero-order valence-corrected chi connectivity index (χ0v) is 16.0. The van der Waals surface area contributed by atoms with Crippen molar-refractivity contribution >= 4 is 41.3 Å². The number of esters is 1. The molecule has 26 heavy (non-hydrogen) atoms. The summed E-state index contributed by atoms with van der Waals surface area (Å²) >= 11 is 3.82. The lowest BCUT2D eigenvalue weighted by atomic mass is 9.96. The number of hydrogen-bond donors (Lipinski definition) is 1. The molecule has 3 rings (SSSR count). The van der Waals surface area contributed by atoms with Crippen molar-refractivity contribution in [1.82, 2.24) is 4.90 Å². The van der Waals surface area contributed by atoms with Crippen LogP contribution >= 0.6 is 23.5 Å². The first kappa shape index (κ1) is 19.1. The number of thioether (sulfide) groups is 2. The maximum atomic E-state index is 12.2. The van der Waals surface area contributed by atoms with E-state index in [1.54, 1.807) is 17.0 Å². The van der Waals surface area contributed by atoms with E-state index in [1.165, 1.54) is 5.56 Å². The van der Waals surface area contributed by atoms with E-state index < -0.39 is 5.97 Å². The molecule has 2 aliphatic heterocycles. The average Bonchev–Trinajstić information content (AvgIpc) is 3.21. The normalized spacial score (nSPS) is 18.7. The number of ether oxygens (including phenoxy) is 1. The second-order valence-corrected chi connectivity index (χ2v) is 9.05. The summed E-state index contributed by atoms with van der Waals surface area (Å²) in [6.07, 6.45) is 1.13. The largest absolute Gasteiger partial charge is 0.452 e. The Bertz CT molecular complexity index is 666. The van der Waals surface area contributed by atoms with Crippen molar-refractivity contribution < 1.29 is 19.1 Å². The molecular weight excluding hydrogens is 372 g/mol. The topological polar surface area (TPSA) is 89.7 Å². The Hall–Kier alpha value is -1.67. The number of benzene rings is 1. The highest BCUT2D eigenvalue weighted by Gasteiger charge is 2.26. The number of rotatable bonds is 5. The Labute approximate surface area is 161 Å². The van der Waals surface area contributed by atoms with Gasteiger partial charge in [-0.2, -0.15) is 0 Å². The van der Waals surface area contributed by atoms with Gasteiger partial charge in [-0.15, -0.1) is 23.5 Å². The summed E-state index contributed by atoms with van der Waals surface area (Å²) in [6.45, 7) is 0.654. The van der Waals surface area contributed by atoms with Gasteiger partial charge in [-0.3, -0.25) is 9.59 Å². The number of nitrogens with two attached hydrogens (primary N) is 1. The van der Waals surface area contributed by atoms with E-state index in [0.29, 0.717) is 36.1 Å². The van der Waals surface area contributed by atoms with Crippen molar-refractivity contribution in [1.29, 1.82) is 0 Å². The van der Waals surface area contributed by atoms with E-state index in [-0.39, 0.29) is 24.3 Å². The minimum atomic E-state index is -0.497. The van der Waals surface area contributed by atoms with Crippen molar-refractivity contribution in [2.24, 2.45) is 11.7 Å². The molecule has 2 N–H and O–H groups in total. The van der Waals surface area contributed by atoms with Crippen LogP contribution in [-0.2, 0) is 14.3 Å². The van der Waals surface area contributed by atoms with Crippen molar-refractivity contribution in [2.75, 3.05) is 31.2 Å². The van der Waals surface area contributed by atoms with Crippen LogP contribution in [0.5, 0.6) is 0 Å². The summed E-state index contributed by atoms with van der Waals surface area (Å²) in [6, 6.07) is 7.39. The third-order valence-corrected chi connectivity index (χ3v) is 7.72. The molecule has 8 heteroatoms. The molecule has 0 aliphatic carbocycles. The van der Waals surface area contributed by atoms with E-state index in [0.717, 1.165) is 11.5 Å². The van der Waals surface area contributed by atoms with Crippen LogP contribution in [0.3, 0.4) is 0 Å². The monoisotopic (exact) mass is 394 g/mol. The highest BCUT2D eigenvalue weighted by atomic mass is 32.2. The number of primary amides is 1. The van der Waals surface area contributed by atoms with Crippen LogP contribution in [-0.4, -0.2) is 53.9 Å². The minimum Gasteiger partial charge on any atom is -0.452 e. The summed E-state index contributed by atoms with van der Waals surface area (Å²) in [4.78, 5) is 37.1. The Morgan fingerprint density at radius 1 is 1.08 bits per heavy atom. The van der Waals surface area contributed by atoms with E-state index in [9.17, 15) is 14.4 Å². The lowest BCUT2D eigenvalue weighted by Gasteiger charge is -2.30. The standard InChI is InChI=1S/C18H22N2O4S2/c19-16(22)12-5-7-20(8-6-12)15(21)11-24-17(23)13-1-3-14(4-2-13)18-25-9-10-26-18/h1-4,12,18H,5-11H2,(H2,19,22). The molecule has 1 aromatic rings. The van der Waals surface area contributed by atoms with Crippen LogP contribution in [0.25, 0.3) is 0 Å². The van der Waals surface area contributed by atoms with Gasteiger partial charge in [0.15, 0.2) is 6.61 Å². The van der Waals surface area contributed by atoms with E-state index >= 15 is 0 Å². The third kappa shape index (κ3) is 4.73. The molecule has 2 saturated heterocycles. The van der Waals surface area contributed by atoms with Crippen LogP contribution < -0.4 is 5.73 Å². The van der Waals surface area contributed by atoms with Crippen LogP contribution in [0.15, 0.2) is 24.3 Å². The van der Waals surface area contributed by atoms with Crippen LogP contribution in [0, 0.1) is 5.92 Å². The number of carbonyl (C=O) groups excluding carboxylic acids is 3. The van der Waals surface area contributed by atoms with Gasteiger partial charge >= 0.3 is 5.97 Å². The lowest BCUT2D eigenvalue weighted by molar-refractivity contribution is -0.137. The molecule has 2 fully saturated rings. The maximum Gasteiger partial charge on any atom is 0.338 e. The molecule has 2 heterocycles. The summed E-state index contributed by atoms with van der Waals surface area (Å²) in [7, 11) is 0.